The maximum absolute atomic E-state index is 12.6. The van der Waals surface area contributed by atoms with Gasteiger partial charge < -0.3 is 14.2 Å². The molecule has 0 bridgehead atoms. The van der Waals surface area contributed by atoms with Crippen LogP contribution >= 0.6 is 0 Å². The first-order valence-corrected chi connectivity index (χ1v) is 9.55. The SMILES string of the molecule is O=C(Nc1ccc2oc(=O)ccc2c1)c1ccc(-c2cc3ccccc3oc2=O)cc1. The second-order valence-electron chi connectivity index (χ2n) is 7.02. The number of para-hydroxylation sites is 1. The lowest BCUT2D eigenvalue weighted by molar-refractivity contribution is 0.102. The number of hydrogen-bond donors (Lipinski definition) is 1. The predicted octanol–water partition coefficient (Wildman–Crippen LogP) is 4.82. The molecule has 0 aliphatic rings. The first-order valence-electron chi connectivity index (χ1n) is 9.55. The lowest BCUT2D eigenvalue weighted by Gasteiger charge is -2.07. The van der Waals surface area contributed by atoms with Gasteiger partial charge in [0.1, 0.15) is 11.2 Å². The summed E-state index contributed by atoms with van der Waals surface area (Å²) in [5.41, 5.74) is 2.23. The van der Waals surface area contributed by atoms with Crippen molar-refractivity contribution in [3.63, 3.8) is 0 Å². The highest BCUT2D eigenvalue weighted by atomic mass is 16.4. The average molecular weight is 409 g/mol. The second kappa shape index (κ2) is 7.42. The topological polar surface area (TPSA) is 89.5 Å². The van der Waals surface area contributed by atoms with Crippen LogP contribution in [0.3, 0.4) is 0 Å². The number of anilines is 1. The van der Waals surface area contributed by atoms with Crippen LogP contribution in [0.15, 0.2) is 103 Å². The highest BCUT2D eigenvalue weighted by Crippen LogP contribution is 2.22. The van der Waals surface area contributed by atoms with E-state index in [1.54, 1.807) is 60.7 Å². The van der Waals surface area contributed by atoms with Crippen LogP contribution in [-0.2, 0) is 0 Å². The summed E-state index contributed by atoms with van der Waals surface area (Å²) < 4.78 is 10.5. The third-order valence-electron chi connectivity index (χ3n) is 4.98. The number of carbonyl (C=O) groups is 1. The molecular weight excluding hydrogens is 394 g/mol. The van der Waals surface area contributed by atoms with E-state index in [0.29, 0.717) is 38.9 Å². The number of carbonyl (C=O) groups excluding carboxylic acids is 1. The fourth-order valence-electron chi connectivity index (χ4n) is 3.42. The van der Waals surface area contributed by atoms with E-state index in [2.05, 4.69) is 5.32 Å². The molecule has 0 radical (unpaired) electrons. The maximum Gasteiger partial charge on any atom is 0.344 e. The molecular formula is C25H15NO5. The van der Waals surface area contributed by atoms with Crippen molar-refractivity contribution in [1.29, 1.82) is 0 Å². The highest BCUT2D eigenvalue weighted by molar-refractivity contribution is 6.05. The monoisotopic (exact) mass is 409 g/mol. The molecule has 3 aromatic carbocycles. The van der Waals surface area contributed by atoms with Crippen molar-refractivity contribution in [2.75, 3.05) is 5.32 Å². The van der Waals surface area contributed by atoms with E-state index >= 15 is 0 Å². The third kappa shape index (κ3) is 3.62. The molecule has 0 saturated carbocycles. The maximum atomic E-state index is 12.6. The molecule has 0 aliphatic heterocycles. The summed E-state index contributed by atoms with van der Waals surface area (Å²) in [4.78, 5) is 36.3. The van der Waals surface area contributed by atoms with Crippen LogP contribution in [0, 0.1) is 0 Å². The van der Waals surface area contributed by atoms with E-state index in [4.69, 9.17) is 8.83 Å². The average Bonchev–Trinajstić information content (AvgIpc) is 2.79. The van der Waals surface area contributed by atoms with Crippen LogP contribution < -0.4 is 16.6 Å². The van der Waals surface area contributed by atoms with E-state index in [9.17, 15) is 14.4 Å². The van der Waals surface area contributed by atoms with Gasteiger partial charge in [-0.2, -0.15) is 0 Å². The van der Waals surface area contributed by atoms with Crippen molar-refractivity contribution in [2.24, 2.45) is 0 Å². The van der Waals surface area contributed by atoms with Gasteiger partial charge in [-0.1, -0.05) is 30.3 Å². The lowest BCUT2D eigenvalue weighted by Crippen LogP contribution is -2.12. The van der Waals surface area contributed by atoms with Gasteiger partial charge in [0.25, 0.3) is 5.91 Å². The summed E-state index contributed by atoms with van der Waals surface area (Å²) in [6.45, 7) is 0. The van der Waals surface area contributed by atoms with Crippen LogP contribution in [0.1, 0.15) is 10.4 Å². The number of benzene rings is 3. The van der Waals surface area contributed by atoms with E-state index in [1.165, 1.54) is 6.07 Å². The molecule has 2 heterocycles. The zero-order valence-electron chi connectivity index (χ0n) is 16.1. The minimum absolute atomic E-state index is 0.297. The number of amides is 1. The third-order valence-corrected chi connectivity index (χ3v) is 4.98. The molecule has 31 heavy (non-hydrogen) atoms. The Morgan fingerprint density at radius 2 is 1.45 bits per heavy atom. The van der Waals surface area contributed by atoms with Crippen molar-refractivity contribution in [3.05, 3.63) is 111 Å². The Balaban J connectivity index is 1.40. The Kier molecular flexibility index (Phi) is 4.45. The largest absolute Gasteiger partial charge is 0.423 e. The van der Waals surface area contributed by atoms with Gasteiger partial charge in [0.15, 0.2) is 0 Å². The minimum atomic E-state index is -0.432. The highest BCUT2D eigenvalue weighted by Gasteiger charge is 2.11. The summed E-state index contributed by atoms with van der Waals surface area (Å²) in [5, 5.41) is 4.35. The van der Waals surface area contributed by atoms with Crippen LogP contribution in [0.4, 0.5) is 5.69 Å². The quantitative estimate of drug-likeness (QED) is 0.432. The van der Waals surface area contributed by atoms with Crippen LogP contribution in [0.5, 0.6) is 0 Å². The first kappa shape index (κ1) is 18.6. The van der Waals surface area contributed by atoms with E-state index < -0.39 is 11.3 Å². The summed E-state index contributed by atoms with van der Waals surface area (Å²) in [6, 6.07) is 23.8. The number of fused-ring (bicyclic) bond motifs is 2. The summed E-state index contributed by atoms with van der Waals surface area (Å²) >= 11 is 0. The van der Waals surface area contributed by atoms with Crippen molar-refractivity contribution in [2.45, 2.75) is 0 Å². The first-order chi connectivity index (χ1) is 15.1. The molecule has 150 valence electrons. The summed E-state index contributed by atoms with van der Waals surface area (Å²) in [6.07, 6.45) is 0. The molecule has 2 aromatic heterocycles. The molecule has 0 saturated heterocycles. The molecule has 6 nitrogen and oxygen atoms in total. The Bertz CT molecular complexity index is 1560. The van der Waals surface area contributed by atoms with Gasteiger partial charge in [0.05, 0.1) is 5.56 Å². The molecule has 0 aliphatic carbocycles. The Labute approximate surface area is 175 Å². The fraction of sp³-hybridized carbons (Fsp3) is 0. The molecule has 0 fully saturated rings. The van der Waals surface area contributed by atoms with E-state index in [1.807, 2.05) is 18.2 Å². The second-order valence-corrected chi connectivity index (χ2v) is 7.02. The summed E-state index contributed by atoms with van der Waals surface area (Å²) in [7, 11) is 0. The van der Waals surface area contributed by atoms with E-state index in [-0.39, 0.29) is 5.91 Å². The Hall–Kier alpha value is -4.45. The molecule has 0 atom stereocenters. The molecule has 6 heteroatoms. The van der Waals surface area contributed by atoms with Crippen LogP contribution in [0.25, 0.3) is 33.1 Å². The van der Waals surface area contributed by atoms with Crippen LogP contribution in [0.2, 0.25) is 0 Å². The normalized spacial score (nSPS) is 11.0. The fourth-order valence-corrected chi connectivity index (χ4v) is 3.42. The van der Waals surface area contributed by atoms with E-state index in [0.717, 1.165) is 5.39 Å². The van der Waals surface area contributed by atoms with Gasteiger partial charge in [-0.25, -0.2) is 9.59 Å². The zero-order valence-corrected chi connectivity index (χ0v) is 16.1. The molecule has 0 spiro atoms. The molecule has 5 aromatic rings. The molecule has 0 unspecified atom stereocenters. The smallest absolute Gasteiger partial charge is 0.344 e. The Morgan fingerprint density at radius 3 is 2.29 bits per heavy atom. The zero-order chi connectivity index (χ0) is 21.4. The Morgan fingerprint density at radius 1 is 0.710 bits per heavy atom. The van der Waals surface area contributed by atoms with Crippen molar-refractivity contribution < 1.29 is 13.6 Å². The van der Waals surface area contributed by atoms with Gasteiger partial charge >= 0.3 is 11.3 Å². The van der Waals surface area contributed by atoms with Crippen molar-refractivity contribution >= 4 is 33.5 Å². The van der Waals surface area contributed by atoms with Gasteiger partial charge in [0, 0.05) is 28.1 Å². The summed E-state index contributed by atoms with van der Waals surface area (Å²) in [5.74, 6) is -0.297. The van der Waals surface area contributed by atoms with Gasteiger partial charge in [-0.05, 0) is 54.1 Å². The predicted molar refractivity (Wildman–Crippen MR) is 118 cm³/mol. The lowest BCUT2D eigenvalue weighted by atomic mass is 10.0. The molecule has 5 rings (SSSR count). The van der Waals surface area contributed by atoms with Gasteiger partial charge in [0.2, 0.25) is 0 Å². The number of rotatable bonds is 3. The minimum Gasteiger partial charge on any atom is -0.423 e. The molecule has 1 N–H and O–H groups in total. The molecule has 1 amide bonds. The van der Waals surface area contributed by atoms with Gasteiger partial charge in [-0.15, -0.1) is 0 Å². The van der Waals surface area contributed by atoms with Crippen LogP contribution in [-0.4, -0.2) is 5.91 Å². The standard InChI is InChI=1S/C25H15NO5/c27-23-12-9-18-13-19(10-11-22(18)30-23)26-24(28)16-7-5-15(6-8-16)20-14-17-3-1-2-4-21(17)31-25(20)29/h1-14H,(H,26,28). The van der Waals surface area contributed by atoms with Crippen molar-refractivity contribution in [3.8, 4) is 11.1 Å². The number of nitrogens with one attached hydrogen (secondary N) is 1. The van der Waals surface area contributed by atoms with Crippen molar-refractivity contribution in [1.82, 2.24) is 0 Å². The number of hydrogen-bond acceptors (Lipinski definition) is 5. The van der Waals surface area contributed by atoms with Gasteiger partial charge in [-0.3, -0.25) is 4.79 Å².